The average Bonchev–Trinajstić information content (AvgIpc) is 2.94. The molecule has 1 N–H and O–H groups in total. The van der Waals surface area contributed by atoms with Crippen LogP contribution < -0.4 is 4.74 Å². The summed E-state index contributed by atoms with van der Waals surface area (Å²) in [7, 11) is 3.67. The molecule has 142 valence electrons. The molecular weight excluding hydrogens is 328 g/mol. The van der Waals surface area contributed by atoms with Crippen molar-refractivity contribution in [2.75, 3.05) is 33.4 Å². The molecule has 3 rings (SSSR count). The van der Waals surface area contributed by atoms with E-state index in [4.69, 9.17) is 4.74 Å². The summed E-state index contributed by atoms with van der Waals surface area (Å²) < 4.78 is 7.22. The first-order valence-electron chi connectivity index (χ1n) is 9.28. The zero-order valence-corrected chi connectivity index (χ0v) is 16.1. The van der Waals surface area contributed by atoms with Crippen molar-refractivity contribution in [3.63, 3.8) is 0 Å². The normalized spacial score (nSPS) is 19.0. The Kier molecular flexibility index (Phi) is 6.29. The number of hydrogen-bond acceptors (Lipinski definition) is 5. The molecule has 0 radical (unpaired) electrons. The number of hydrogen-bond donors (Lipinski definition) is 1. The molecule has 26 heavy (non-hydrogen) atoms. The van der Waals surface area contributed by atoms with Gasteiger partial charge in [-0.05, 0) is 31.0 Å². The van der Waals surface area contributed by atoms with Crippen LogP contribution in [0.15, 0.2) is 30.5 Å². The first-order valence-corrected chi connectivity index (χ1v) is 9.28. The molecule has 2 aromatic rings. The van der Waals surface area contributed by atoms with Crippen LogP contribution >= 0.6 is 0 Å². The van der Waals surface area contributed by atoms with Gasteiger partial charge in [-0.1, -0.05) is 12.1 Å². The highest BCUT2D eigenvalue weighted by Gasteiger charge is 2.27. The summed E-state index contributed by atoms with van der Waals surface area (Å²) in [5.41, 5.74) is 3.64. The van der Waals surface area contributed by atoms with Crippen molar-refractivity contribution >= 4 is 0 Å². The van der Waals surface area contributed by atoms with Gasteiger partial charge in [-0.2, -0.15) is 5.10 Å². The van der Waals surface area contributed by atoms with Crippen LogP contribution in [0, 0.1) is 6.92 Å². The highest BCUT2D eigenvalue weighted by molar-refractivity contribution is 5.28. The summed E-state index contributed by atoms with van der Waals surface area (Å²) in [5.74, 6) is 0.895. The molecule has 0 amide bonds. The molecule has 1 saturated heterocycles. The number of rotatable bonds is 7. The largest absolute Gasteiger partial charge is 0.497 e. The second-order valence-electron chi connectivity index (χ2n) is 7.14. The zero-order valence-electron chi connectivity index (χ0n) is 16.1. The van der Waals surface area contributed by atoms with Crippen molar-refractivity contribution < 1.29 is 9.84 Å². The lowest BCUT2D eigenvalue weighted by molar-refractivity contribution is 0.0498. The molecule has 0 bridgehead atoms. The number of benzene rings is 1. The van der Waals surface area contributed by atoms with E-state index in [-0.39, 0.29) is 6.61 Å². The number of aromatic nitrogens is 2. The van der Waals surface area contributed by atoms with Gasteiger partial charge in [0.25, 0.3) is 0 Å². The third kappa shape index (κ3) is 4.63. The number of aliphatic hydroxyl groups is 1. The standard InChI is InChI=1S/C20H30N4O2/c1-16-18(13-22(2)21-16)14-23-8-9-24(19(15-23)7-10-25)12-17-5-4-6-20(11-17)26-3/h4-6,11,13,19,25H,7-10,12,14-15H2,1-3H3. The van der Waals surface area contributed by atoms with Crippen molar-refractivity contribution in [3.8, 4) is 5.75 Å². The van der Waals surface area contributed by atoms with E-state index in [9.17, 15) is 5.11 Å². The molecule has 1 atom stereocenters. The number of nitrogens with zero attached hydrogens (tertiary/aromatic N) is 4. The van der Waals surface area contributed by atoms with E-state index in [1.165, 1.54) is 11.1 Å². The molecule has 6 nitrogen and oxygen atoms in total. The fourth-order valence-corrected chi connectivity index (χ4v) is 3.78. The molecule has 1 aromatic heterocycles. The van der Waals surface area contributed by atoms with Crippen molar-refractivity contribution in [3.05, 3.63) is 47.3 Å². The van der Waals surface area contributed by atoms with Gasteiger partial charge in [0.2, 0.25) is 0 Å². The van der Waals surface area contributed by atoms with Crippen LogP contribution in [0.25, 0.3) is 0 Å². The highest BCUT2D eigenvalue weighted by atomic mass is 16.5. The fraction of sp³-hybridized carbons (Fsp3) is 0.550. The minimum absolute atomic E-state index is 0.221. The maximum Gasteiger partial charge on any atom is 0.119 e. The molecule has 0 spiro atoms. The summed E-state index contributed by atoms with van der Waals surface area (Å²) >= 11 is 0. The van der Waals surface area contributed by atoms with E-state index < -0.39 is 0 Å². The van der Waals surface area contributed by atoms with Gasteiger partial charge in [-0.25, -0.2) is 0 Å². The smallest absolute Gasteiger partial charge is 0.119 e. The molecule has 2 heterocycles. The second-order valence-corrected chi connectivity index (χ2v) is 7.14. The summed E-state index contributed by atoms with van der Waals surface area (Å²) in [4.78, 5) is 4.96. The molecule has 6 heteroatoms. The van der Waals surface area contributed by atoms with Crippen LogP contribution in [0.5, 0.6) is 5.75 Å². The number of piperazine rings is 1. The highest BCUT2D eigenvalue weighted by Crippen LogP contribution is 2.21. The Bertz CT molecular complexity index is 716. The third-order valence-corrected chi connectivity index (χ3v) is 5.18. The van der Waals surface area contributed by atoms with Gasteiger partial charge in [0.05, 0.1) is 12.8 Å². The van der Waals surface area contributed by atoms with E-state index in [0.717, 1.165) is 50.6 Å². The number of aryl methyl sites for hydroxylation is 2. The predicted molar refractivity (Wildman–Crippen MR) is 102 cm³/mol. The molecule has 0 aliphatic carbocycles. The van der Waals surface area contributed by atoms with Crippen molar-refractivity contribution in [1.29, 1.82) is 0 Å². The average molecular weight is 358 g/mol. The lowest BCUT2D eigenvalue weighted by Crippen LogP contribution is -2.52. The monoisotopic (exact) mass is 358 g/mol. The van der Waals surface area contributed by atoms with Crippen molar-refractivity contribution in [2.24, 2.45) is 7.05 Å². The fourth-order valence-electron chi connectivity index (χ4n) is 3.78. The Morgan fingerprint density at radius 3 is 2.81 bits per heavy atom. The Hall–Kier alpha value is -1.89. The minimum atomic E-state index is 0.221. The Balaban J connectivity index is 1.64. The number of ether oxygens (including phenoxy) is 1. The molecule has 1 aliphatic rings. The molecule has 0 saturated carbocycles. The van der Waals surface area contributed by atoms with Crippen LogP contribution in [0.2, 0.25) is 0 Å². The summed E-state index contributed by atoms with van der Waals surface area (Å²) in [6.45, 7) is 7.11. The maximum absolute atomic E-state index is 9.53. The second kappa shape index (κ2) is 8.66. The molecule has 1 aromatic carbocycles. The van der Waals surface area contributed by atoms with Gasteiger partial charge in [0, 0.05) is 64.2 Å². The van der Waals surface area contributed by atoms with Crippen LogP contribution in [-0.4, -0.2) is 64.1 Å². The van der Waals surface area contributed by atoms with Gasteiger partial charge in [0.15, 0.2) is 0 Å². The van der Waals surface area contributed by atoms with Gasteiger partial charge >= 0.3 is 0 Å². The van der Waals surface area contributed by atoms with Crippen LogP contribution in [0.1, 0.15) is 23.2 Å². The lowest BCUT2D eigenvalue weighted by Gasteiger charge is -2.41. The van der Waals surface area contributed by atoms with Crippen LogP contribution in [-0.2, 0) is 20.1 Å². The van der Waals surface area contributed by atoms with Gasteiger partial charge in [0.1, 0.15) is 5.75 Å². The number of aliphatic hydroxyl groups excluding tert-OH is 1. The lowest BCUT2D eigenvalue weighted by atomic mass is 10.1. The number of methoxy groups -OCH3 is 1. The topological polar surface area (TPSA) is 53.8 Å². The minimum Gasteiger partial charge on any atom is -0.497 e. The third-order valence-electron chi connectivity index (χ3n) is 5.18. The molecule has 1 unspecified atom stereocenters. The molecular formula is C20H30N4O2. The van der Waals surface area contributed by atoms with Gasteiger partial charge < -0.3 is 9.84 Å². The summed E-state index contributed by atoms with van der Waals surface area (Å²) in [6, 6.07) is 8.61. The summed E-state index contributed by atoms with van der Waals surface area (Å²) in [6.07, 6.45) is 2.91. The van der Waals surface area contributed by atoms with Crippen LogP contribution in [0.4, 0.5) is 0 Å². The molecule has 1 fully saturated rings. The van der Waals surface area contributed by atoms with Crippen molar-refractivity contribution in [2.45, 2.75) is 32.5 Å². The van der Waals surface area contributed by atoms with Gasteiger partial charge in [-0.15, -0.1) is 0 Å². The maximum atomic E-state index is 9.53. The Labute approximate surface area is 156 Å². The van der Waals surface area contributed by atoms with Crippen LogP contribution in [0.3, 0.4) is 0 Å². The first kappa shape index (κ1) is 18.9. The van der Waals surface area contributed by atoms with E-state index in [1.54, 1.807) is 7.11 Å². The van der Waals surface area contributed by atoms with Gasteiger partial charge in [-0.3, -0.25) is 14.5 Å². The Morgan fingerprint density at radius 2 is 2.12 bits per heavy atom. The van der Waals surface area contributed by atoms with E-state index in [2.05, 4.69) is 40.2 Å². The SMILES string of the molecule is COc1cccc(CN2CCN(Cc3cn(C)nc3C)CC2CCO)c1. The quantitative estimate of drug-likeness (QED) is 0.818. The zero-order chi connectivity index (χ0) is 18.5. The summed E-state index contributed by atoms with van der Waals surface area (Å²) in [5, 5.41) is 14.0. The first-order chi connectivity index (χ1) is 12.6. The van der Waals surface area contributed by atoms with E-state index in [0.29, 0.717) is 6.04 Å². The van der Waals surface area contributed by atoms with Crippen molar-refractivity contribution in [1.82, 2.24) is 19.6 Å². The van der Waals surface area contributed by atoms with E-state index in [1.807, 2.05) is 23.9 Å². The predicted octanol–water partition coefficient (Wildman–Crippen LogP) is 1.81. The Morgan fingerprint density at radius 1 is 1.27 bits per heavy atom. The van der Waals surface area contributed by atoms with E-state index >= 15 is 0 Å². The molecule has 1 aliphatic heterocycles.